The summed E-state index contributed by atoms with van der Waals surface area (Å²) in [5.41, 5.74) is -0.547. The van der Waals surface area contributed by atoms with Gasteiger partial charge in [-0.2, -0.15) is 0 Å². The summed E-state index contributed by atoms with van der Waals surface area (Å²) in [7, 11) is -5.53. The molecule has 4 atom stereocenters. The first kappa shape index (κ1) is 28.3. The zero-order valence-corrected chi connectivity index (χ0v) is 20.3. The molecule has 1 aliphatic heterocycles. The molecule has 1 fully saturated rings. The summed E-state index contributed by atoms with van der Waals surface area (Å²) in [6, 6.07) is 14.8. The van der Waals surface area contributed by atoms with Gasteiger partial charge in [0.05, 0.1) is 12.3 Å². The first-order valence-electron chi connectivity index (χ1n) is 10.4. The molecule has 3 rings (SSSR count). The van der Waals surface area contributed by atoms with Crippen LogP contribution >= 0.6 is 12.2 Å². The number of anilines is 1. The van der Waals surface area contributed by atoms with Gasteiger partial charge < -0.3 is 29.7 Å². The van der Waals surface area contributed by atoms with Gasteiger partial charge in [-0.3, -0.25) is 24.0 Å². The van der Waals surface area contributed by atoms with Gasteiger partial charge in [0.1, 0.15) is 41.5 Å². The van der Waals surface area contributed by atoms with Gasteiger partial charge in [-0.05, 0) is 54.7 Å². The Morgan fingerprint density at radius 3 is 2.19 bits per heavy atom. The molecule has 13 nitrogen and oxygen atoms in total. The molecular formula is C22H21N2O11S2-. The van der Waals surface area contributed by atoms with E-state index in [1.165, 1.54) is 24.3 Å². The Morgan fingerprint density at radius 1 is 1.03 bits per heavy atom. The van der Waals surface area contributed by atoms with Crippen molar-refractivity contribution >= 4 is 45.2 Å². The van der Waals surface area contributed by atoms with E-state index in [2.05, 4.69) is 9.50 Å². The number of para-hydroxylation sites is 1. The van der Waals surface area contributed by atoms with Gasteiger partial charge >= 0.3 is 0 Å². The van der Waals surface area contributed by atoms with E-state index in [1.807, 2.05) is 6.07 Å². The van der Waals surface area contributed by atoms with Crippen LogP contribution in [-0.2, 0) is 24.2 Å². The molecule has 2 aromatic carbocycles. The number of nitrogens with one attached hydrogen (secondary N) is 1. The van der Waals surface area contributed by atoms with E-state index in [4.69, 9.17) is 22.1 Å². The molecule has 2 aromatic rings. The smallest absolute Gasteiger partial charge is 0.269 e. The Labute approximate surface area is 216 Å². The fourth-order valence-electron chi connectivity index (χ4n) is 3.24. The van der Waals surface area contributed by atoms with Crippen molar-refractivity contribution in [2.24, 2.45) is 0 Å². The first-order valence-corrected chi connectivity index (χ1v) is 12.2. The van der Waals surface area contributed by atoms with Gasteiger partial charge in [0, 0.05) is 0 Å². The fourth-order valence-corrected chi connectivity index (χ4v) is 4.02. The van der Waals surface area contributed by atoms with Crippen molar-refractivity contribution in [1.29, 1.82) is 0 Å². The molecule has 5 N–H and O–H groups in total. The number of thiocarbonyl (C=S) groups is 1. The van der Waals surface area contributed by atoms with Gasteiger partial charge in [-0.15, -0.1) is 0 Å². The van der Waals surface area contributed by atoms with Gasteiger partial charge in [0.15, 0.2) is 5.11 Å². The third-order valence-corrected chi connectivity index (χ3v) is 5.74. The molecule has 0 aliphatic carbocycles. The molecule has 0 saturated carbocycles. The summed E-state index contributed by atoms with van der Waals surface area (Å²) in [6.07, 6.45) is -8.44. The lowest BCUT2D eigenvalue weighted by molar-refractivity contribution is -0.122. The Morgan fingerprint density at radius 2 is 1.62 bits per heavy atom. The van der Waals surface area contributed by atoms with Crippen LogP contribution in [0.15, 0.2) is 66.2 Å². The average molecular weight is 554 g/mol. The molecule has 1 saturated heterocycles. The average Bonchev–Trinajstić information content (AvgIpc) is 2.85. The summed E-state index contributed by atoms with van der Waals surface area (Å²) < 4.78 is 43.0. The number of hydrogen-bond acceptors (Lipinski definition) is 12. The van der Waals surface area contributed by atoms with E-state index in [0.29, 0.717) is 17.6 Å². The number of rotatable bonds is 10. The van der Waals surface area contributed by atoms with Crippen LogP contribution in [0.3, 0.4) is 0 Å². The Kier molecular flexibility index (Phi) is 9.06. The highest BCUT2D eigenvalue weighted by Gasteiger charge is 2.38. The maximum Gasteiger partial charge on any atom is 0.269 e. The normalized spacial score (nSPS) is 18.8. The monoisotopic (exact) mass is 553 g/mol. The highest BCUT2D eigenvalue weighted by Crippen LogP contribution is 2.27. The third kappa shape index (κ3) is 7.15. The number of aliphatic hydroxyl groups is 4. The number of amides is 2. The SMILES string of the molecule is O=C1NC(=S)N(c2ccc(Oc3ccccc3)cc2)C(=O)/C1=C/[C@H](O)[C@@H](OS(=O)(=O)[O-])[C@H](O)[C@H](O)CO. The number of carbonyl (C=O) groups is 2. The summed E-state index contributed by atoms with van der Waals surface area (Å²) in [4.78, 5) is 26.5. The predicted molar refractivity (Wildman–Crippen MR) is 129 cm³/mol. The topological polar surface area (TPSA) is 206 Å². The van der Waals surface area contributed by atoms with Crippen LogP contribution in [0.25, 0.3) is 0 Å². The predicted octanol–water partition coefficient (Wildman–Crippen LogP) is -0.927. The van der Waals surface area contributed by atoms with Crippen molar-refractivity contribution in [1.82, 2.24) is 5.32 Å². The van der Waals surface area contributed by atoms with E-state index in [9.17, 15) is 37.9 Å². The van der Waals surface area contributed by atoms with Crippen LogP contribution in [-0.4, -0.2) is 81.3 Å². The molecule has 15 heteroatoms. The highest BCUT2D eigenvalue weighted by atomic mass is 32.3. The summed E-state index contributed by atoms with van der Waals surface area (Å²) in [6.45, 7) is -1.09. The summed E-state index contributed by atoms with van der Waals surface area (Å²) in [5.74, 6) is -1.12. The van der Waals surface area contributed by atoms with Crippen molar-refractivity contribution < 1.29 is 51.9 Å². The van der Waals surface area contributed by atoms with E-state index >= 15 is 0 Å². The van der Waals surface area contributed by atoms with E-state index < -0.39 is 58.8 Å². The highest BCUT2D eigenvalue weighted by molar-refractivity contribution is 7.81. The number of carbonyl (C=O) groups excluding carboxylic acids is 2. The van der Waals surface area contributed by atoms with Crippen LogP contribution in [0.2, 0.25) is 0 Å². The molecule has 1 heterocycles. The molecule has 0 spiro atoms. The molecule has 0 unspecified atom stereocenters. The van der Waals surface area contributed by atoms with E-state index in [0.717, 1.165) is 4.90 Å². The molecule has 0 radical (unpaired) electrons. The lowest BCUT2D eigenvalue weighted by Crippen LogP contribution is -2.55. The van der Waals surface area contributed by atoms with Crippen molar-refractivity contribution in [2.45, 2.75) is 24.4 Å². The molecule has 198 valence electrons. The van der Waals surface area contributed by atoms with Crippen LogP contribution in [0.5, 0.6) is 11.5 Å². The summed E-state index contributed by atoms with van der Waals surface area (Å²) >= 11 is 5.09. The lowest BCUT2D eigenvalue weighted by Gasteiger charge is -2.31. The zero-order chi connectivity index (χ0) is 27.3. The maximum atomic E-state index is 13.1. The second-order valence-corrected chi connectivity index (χ2v) is 8.99. The molecule has 2 amide bonds. The van der Waals surface area contributed by atoms with Crippen molar-refractivity contribution in [3.05, 3.63) is 66.2 Å². The minimum absolute atomic E-state index is 0.196. The molecule has 0 aromatic heterocycles. The molecular weight excluding hydrogens is 532 g/mol. The fraction of sp³-hybridized carbons (Fsp3) is 0.227. The van der Waals surface area contributed by atoms with Crippen molar-refractivity contribution in [3.8, 4) is 11.5 Å². The molecule has 1 aliphatic rings. The number of nitrogens with zero attached hydrogens (tertiary/aromatic N) is 1. The Hall–Kier alpha value is -3.28. The lowest BCUT2D eigenvalue weighted by atomic mass is 10.00. The van der Waals surface area contributed by atoms with Gasteiger partial charge in [-0.1, -0.05) is 18.2 Å². The van der Waals surface area contributed by atoms with Crippen LogP contribution in [0.4, 0.5) is 5.69 Å². The van der Waals surface area contributed by atoms with E-state index in [-0.39, 0.29) is 10.8 Å². The maximum absolute atomic E-state index is 13.1. The molecule has 0 bridgehead atoms. The Bertz CT molecular complexity index is 1280. The van der Waals surface area contributed by atoms with Crippen molar-refractivity contribution in [2.75, 3.05) is 11.5 Å². The van der Waals surface area contributed by atoms with Gasteiger partial charge in [-0.25, -0.2) is 8.42 Å². The van der Waals surface area contributed by atoms with E-state index in [1.54, 1.807) is 24.3 Å². The Balaban J connectivity index is 1.88. The van der Waals surface area contributed by atoms with Crippen LogP contribution < -0.4 is 15.0 Å². The van der Waals surface area contributed by atoms with Crippen molar-refractivity contribution in [3.63, 3.8) is 0 Å². The third-order valence-electron chi connectivity index (χ3n) is 5.00. The largest absolute Gasteiger partial charge is 0.726 e. The number of ether oxygens (including phenoxy) is 1. The number of aliphatic hydroxyl groups excluding tert-OH is 4. The number of benzene rings is 2. The number of hydrogen-bond donors (Lipinski definition) is 5. The summed E-state index contributed by atoms with van der Waals surface area (Å²) in [5, 5.41) is 41.0. The van der Waals surface area contributed by atoms with Crippen LogP contribution in [0, 0.1) is 0 Å². The standard InChI is InChI=1S/C22H22N2O11S2/c25-11-17(27)18(28)19(35-37(31,32)33)16(26)10-15-20(29)23-22(36)24(21(15)30)12-6-8-14(9-7-12)34-13-4-2-1-3-5-13/h1-10,16-19,25-28H,11H2,(H,23,29,36)(H,31,32,33)/p-1/b15-10+/t16-,17+,18+,19+/m0/s1. The van der Waals surface area contributed by atoms with Crippen LogP contribution in [0.1, 0.15) is 0 Å². The second-order valence-electron chi connectivity index (χ2n) is 7.59. The van der Waals surface area contributed by atoms with Gasteiger partial charge in [0.2, 0.25) is 10.4 Å². The van der Waals surface area contributed by atoms with Gasteiger partial charge in [0.25, 0.3) is 11.8 Å². The second kappa shape index (κ2) is 11.8. The molecule has 37 heavy (non-hydrogen) atoms. The quantitative estimate of drug-likeness (QED) is 0.0796. The first-order chi connectivity index (χ1) is 17.4. The zero-order valence-electron chi connectivity index (χ0n) is 18.7. The minimum Gasteiger partial charge on any atom is -0.726 e. The minimum atomic E-state index is -5.53.